The van der Waals surface area contributed by atoms with Crippen LogP contribution < -0.4 is 0 Å². The SMILES string of the molecule is CC(C)c1ccccc1C(=O)OCc1ccccc1. The Morgan fingerprint density at radius 1 is 1.00 bits per heavy atom. The normalized spacial score (nSPS) is 10.5. The van der Waals surface area contributed by atoms with Crippen LogP contribution in [0.1, 0.15) is 41.3 Å². The molecule has 0 unspecified atom stereocenters. The minimum atomic E-state index is -0.256. The van der Waals surface area contributed by atoms with Gasteiger partial charge in [0, 0.05) is 0 Å². The predicted octanol–water partition coefficient (Wildman–Crippen LogP) is 4.17. The number of carbonyl (C=O) groups is 1. The third-order valence-corrected chi connectivity index (χ3v) is 3.02. The van der Waals surface area contributed by atoms with Gasteiger partial charge in [0.2, 0.25) is 0 Å². The average Bonchev–Trinajstić information content (AvgIpc) is 2.46. The Kier molecular flexibility index (Phi) is 4.35. The molecule has 0 spiro atoms. The molecule has 2 rings (SSSR count). The van der Waals surface area contributed by atoms with E-state index in [0.29, 0.717) is 18.1 Å². The van der Waals surface area contributed by atoms with Gasteiger partial charge >= 0.3 is 5.97 Å². The second kappa shape index (κ2) is 6.19. The van der Waals surface area contributed by atoms with Crippen molar-refractivity contribution < 1.29 is 9.53 Å². The van der Waals surface area contributed by atoms with Gasteiger partial charge in [0.05, 0.1) is 5.56 Å². The summed E-state index contributed by atoms with van der Waals surface area (Å²) in [5.74, 6) is 0.0497. The van der Waals surface area contributed by atoms with Crippen molar-refractivity contribution in [1.82, 2.24) is 0 Å². The number of carbonyl (C=O) groups excluding carboxylic acids is 1. The smallest absolute Gasteiger partial charge is 0.338 e. The molecule has 0 atom stereocenters. The third kappa shape index (κ3) is 3.44. The summed E-state index contributed by atoms with van der Waals surface area (Å²) in [7, 11) is 0. The minimum Gasteiger partial charge on any atom is -0.457 e. The van der Waals surface area contributed by atoms with Crippen LogP contribution in [0.3, 0.4) is 0 Å². The van der Waals surface area contributed by atoms with E-state index in [2.05, 4.69) is 13.8 Å². The molecule has 0 N–H and O–H groups in total. The topological polar surface area (TPSA) is 26.3 Å². The molecule has 0 bridgehead atoms. The molecule has 0 aliphatic carbocycles. The zero-order valence-electron chi connectivity index (χ0n) is 11.3. The van der Waals surface area contributed by atoms with Crippen molar-refractivity contribution in [2.75, 3.05) is 0 Å². The minimum absolute atomic E-state index is 0.256. The molecule has 19 heavy (non-hydrogen) atoms. The van der Waals surface area contributed by atoms with Crippen molar-refractivity contribution >= 4 is 5.97 Å². The fraction of sp³-hybridized carbons (Fsp3) is 0.235. The van der Waals surface area contributed by atoms with Crippen LogP contribution in [0.2, 0.25) is 0 Å². The lowest BCUT2D eigenvalue weighted by Crippen LogP contribution is -2.09. The molecule has 0 aliphatic heterocycles. The summed E-state index contributed by atoms with van der Waals surface area (Å²) in [6.07, 6.45) is 0. The van der Waals surface area contributed by atoms with Gasteiger partial charge in [0.1, 0.15) is 6.61 Å². The molecule has 2 aromatic rings. The zero-order valence-corrected chi connectivity index (χ0v) is 11.3. The standard InChI is InChI=1S/C17H18O2/c1-13(2)15-10-6-7-11-16(15)17(18)19-12-14-8-4-3-5-9-14/h3-11,13H,12H2,1-2H3. The molecular formula is C17H18O2. The molecule has 0 saturated heterocycles. The van der Waals surface area contributed by atoms with E-state index in [9.17, 15) is 4.79 Å². The quantitative estimate of drug-likeness (QED) is 0.765. The van der Waals surface area contributed by atoms with Gasteiger partial charge in [-0.1, -0.05) is 62.4 Å². The van der Waals surface area contributed by atoms with Gasteiger partial charge in [-0.05, 0) is 23.1 Å². The van der Waals surface area contributed by atoms with Crippen LogP contribution >= 0.6 is 0 Å². The number of esters is 1. The van der Waals surface area contributed by atoms with Crippen molar-refractivity contribution in [2.45, 2.75) is 26.4 Å². The molecule has 0 fully saturated rings. The number of hydrogen-bond donors (Lipinski definition) is 0. The average molecular weight is 254 g/mol. The maximum atomic E-state index is 12.1. The lowest BCUT2D eigenvalue weighted by Gasteiger charge is -2.12. The molecule has 0 aromatic heterocycles. The number of ether oxygens (including phenoxy) is 1. The molecule has 2 heteroatoms. The zero-order chi connectivity index (χ0) is 13.7. The number of rotatable bonds is 4. The van der Waals surface area contributed by atoms with E-state index in [0.717, 1.165) is 11.1 Å². The fourth-order valence-electron chi connectivity index (χ4n) is 1.99. The molecule has 0 aliphatic rings. The van der Waals surface area contributed by atoms with Gasteiger partial charge in [-0.3, -0.25) is 0 Å². The number of hydrogen-bond acceptors (Lipinski definition) is 2. The van der Waals surface area contributed by atoms with Crippen LogP contribution in [0.4, 0.5) is 0 Å². The first-order valence-corrected chi connectivity index (χ1v) is 6.48. The van der Waals surface area contributed by atoms with E-state index >= 15 is 0 Å². The monoisotopic (exact) mass is 254 g/mol. The first-order valence-electron chi connectivity index (χ1n) is 6.48. The Morgan fingerprint density at radius 2 is 1.63 bits per heavy atom. The molecule has 0 heterocycles. The molecular weight excluding hydrogens is 236 g/mol. The Balaban J connectivity index is 2.08. The summed E-state index contributed by atoms with van der Waals surface area (Å²) >= 11 is 0. The van der Waals surface area contributed by atoms with Crippen LogP contribution in [-0.4, -0.2) is 5.97 Å². The van der Waals surface area contributed by atoms with Crippen LogP contribution in [-0.2, 0) is 11.3 Å². The van der Waals surface area contributed by atoms with E-state index in [1.807, 2.05) is 54.6 Å². The van der Waals surface area contributed by atoms with Crippen molar-refractivity contribution in [3.8, 4) is 0 Å². The van der Waals surface area contributed by atoms with Crippen molar-refractivity contribution in [3.63, 3.8) is 0 Å². The van der Waals surface area contributed by atoms with E-state index in [1.165, 1.54) is 0 Å². The Morgan fingerprint density at radius 3 is 2.32 bits per heavy atom. The van der Waals surface area contributed by atoms with E-state index in [4.69, 9.17) is 4.74 Å². The maximum Gasteiger partial charge on any atom is 0.338 e. The molecule has 98 valence electrons. The van der Waals surface area contributed by atoms with Gasteiger partial charge in [-0.25, -0.2) is 4.79 Å². The predicted molar refractivity (Wildman–Crippen MR) is 76.1 cm³/mol. The van der Waals surface area contributed by atoms with Gasteiger partial charge < -0.3 is 4.74 Å². The second-order valence-electron chi connectivity index (χ2n) is 4.80. The summed E-state index contributed by atoms with van der Waals surface area (Å²) in [6, 6.07) is 17.3. The molecule has 2 nitrogen and oxygen atoms in total. The Labute approximate surface area is 114 Å². The first-order chi connectivity index (χ1) is 9.18. The summed E-state index contributed by atoms with van der Waals surface area (Å²) in [5, 5.41) is 0. The number of benzene rings is 2. The van der Waals surface area contributed by atoms with Crippen molar-refractivity contribution in [1.29, 1.82) is 0 Å². The van der Waals surface area contributed by atoms with E-state index < -0.39 is 0 Å². The maximum absolute atomic E-state index is 12.1. The van der Waals surface area contributed by atoms with Crippen molar-refractivity contribution in [3.05, 3.63) is 71.3 Å². The lowest BCUT2D eigenvalue weighted by molar-refractivity contribution is 0.0471. The Bertz CT molecular complexity index is 544. The molecule has 0 radical (unpaired) electrons. The highest BCUT2D eigenvalue weighted by Crippen LogP contribution is 2.20. The van der Waals surface area contributed by atoms with Gasteiger partial charge in [-0.2, -0.15) is 0 Å². The van der Waals surface area contributed by atoms with Crippen LogP contribution in [0.25, 0.3) is 0 Å². The van der Waals surface area contributed by atoms with Gasteiger partial charge in [-0.15, -0.1) is 0 Å². The highest BCUT2D eigenvalue weighted by molar-refractivity contribution is 5.91. The van der Waals surface area contributed by atoms with E-state index in [1.54, 1.807) is 0 Å². The van der Waals surface area contributed by atoms with Gasteiger partial charge in [0.25, 0.3) is 0 Å². The van der Waals surface area contributed by atoms with E-state index in [-0.39, 0.29) is 5.97 Å². The fourth-order valence-corrected chi connectivity index (χ4v) is 1.99. The summed E-state index contributed by atoms with van der Waals surface area (Å²) in [4.78, 5) is 12.1. The highest BCUT2D eigenvalue weighted by atomic mass is 16.5. The van der Waals surface area contributed by atoms with Crippen LogP contribution in [0.15, 0.2) is 54.6 Å². The summed E-state index contributed by atoms with van der Waals surface area (Å²) in [6.45, 7) is 4.46. The second-order valence-corrected chi connectivity index (χ2v) is 4.80. The molecule has 0 amide bonds. The van der Waals surface area contributed by atoms with Crippen LogP contribution in [0.5, 0.6) is 0 Å². The third-order valence-electron chi connectivity index (χ3n) is 3.02. The summed E-state index contributed by atoms with van der Waals surface area (Å²) < 4.78 is 5.37. The molecule has 2 aromatic carbocycles. The summed E-state index contributed by atoms with van der Waals surface area (Å²) in [5.41, 5.74) is 2.69. The largest absolute Gasteiger partial charge is 0.457 e. The highest BCUT2D eigenvalue weighted by Gasteiger charge is 2.14. The van der Waals surface area contributed by atoms with Crippen LogP contribution in [0, 0.1) is 0 Å². The molecule has 0 saturated carbocycles. The first kappa shape index (κ1) is 13.3. The van der Waals surface area contributed by atoms with Crippen molar-refractivity contribution in [2.24, 2.45) is 0 Å². The Hall–Kier alpha value is -2.09. The lowest BCUT2D eigenvalue weighted by atomic mass is 9.97. The van der Waals surface area contributed by atoms with Gasteiger partial charge in [0.15, 0.2) is 0 Å².